The van der Waals surface area contributed by atoms with Gasteiger partial charge in [-0.2, -0.15) is 0 Å². The minimum Gasteiger partial charge on any atom is -0.481 e. The maximum Gasteiger partial charge on any atom is 0.326 e. The topological polar surface area (TPSA) is 365 Å². The predicted molar refractivity (Wildman–Crippen MR) is 270 cm³/mol. The second-order valence-electron chi connectivity index (χ2n) is 19.2. The maximum atomic E-state index is 13.8. The van der Waals surface area contributed by atoms with Gasteiger partial charge in [-0.25, -0.2) is 14.4 Å². The number of fused-ring (bicyclic) bond motifs is 1. The molecule has 4 rings (SSSR count). The van der Waals surface area contributed by atoms with Crippen LogP contribution in [-0.4, -0.2) is 220 Å². The highest BCUT2D eigenvalue weighted by molar-refractivity contribution is 5.89. The molecular formula is C50H73N9O16. The zero-order valence-electron chi connectivity index (χ0n) is 42.2. The number of carbonyl (C=O) groups excluding carboxylic acids is 4. The first kappa shape index (κ1) is 60.6. The number of carbonyl (C=O) groups is 10. The fourth-order valence-corrected chi connectivity index (χ4v) is 9.14. The highest BCUT2D eigenvalue weighted by Gasteiger charge is 2.31. The molecule has 25 nitrogen and oxygen atoms in total. The Morgan fingerprint density at radius 3 is 1.53 bits per heavy atom. The van der Waals surface area contributed by atoms with Crippen molar-refractivity contribution in [3.8, 4) is 0 Å². The minimum atomic E-state index is -1.55. The Morgan fingerprint density at radius 2 is 1.03 bits per heavy atom. The molecule has 2 aliphatic rings. The van der Waals surface area contributed by atoms with Crippen LogP contribution >= 0.6 is 0 Å². The minimum absolute atomic E-state index is 0.0263. The second kappa shape index (κ2) is 31.7. The lowest BCUT2D eigenvalue weighted by Gasteiger charge is -2.33. The lowest BCUT2D eigenvalue weighted by molar-refractivity contribution is -0.141. The fourth-order valence-electron chi connectivity index (χ4n) is 9.14. The van der Waals surface area contributed by atoms with Crippen LogP contribution in [0.25, 0.3) is 10.8 Å². The van der Waals surface area contributed by atoms with E-state index in [0.29, 0.717) is 58.2 Å². The molecule has 1 aliphatic carbocycles. The molecule has 0 bridgehead atoms. The summed E-state index contributed by atoms with van der Waals surface area (Å²) in [6.45, 7) is 1.76. The van der Waals surface area contributed by atoms with Crippen LogP contribution < -0.4 is 26.6 Å². The van der Waals surface area contributed by atoms with E-state index >= 15 is 0 Å². The van der Waals surface area contributed by atoms with Crippen LogP contribution in [0.4, 0.5) is 4.79 Å². The number of hydrogen-bond acceptors (Lipinski definition) is 14. The Labute approximate surface area is 434 Å². The first-order valence-corrected chi connectivity index (χ1v) is 25.4. The smallest absolute Gasteiger partial charge is 0.326 e. The number of nitrogens with zero attached hydrogens (tertiary/aromatic N) is 4. The van der Waals surface area contributed by atoms with Crippen molar-refractivity contribution in [3.63, 3.8) is 0 Å². The van der Waals surface area contributed by atoms with Crippen LogP contribution in [0.3, 0.4) is 0 Å². The first-order chi connectivity index (χ1) is 35.7. The average Bonchev–Trinajstić information content (AvgIpc) is 3.35. The number of carboxylic acid groups (broad SMARTS) is 6. The van der Waals surface area contributed by atoms with Gasteiger partial charge < -0.3 is 57.2 Å². The van der Waals surface area contributed by atoms with Crippen molar-refractivity contribution in [1.82, 2.24) is 46.2 Å². The number of benzene rings is 2. The van der Waals surface area contributed by atoms with Gasteiger partial charge in [0.25, 0.3) is 0 Å². The SMILES string of the molecule is O=C(O)CC[C@H](NC(=O)N[C@@H](CCCCNC(=O)[C@H](CCc1ccc2ccccc2c1)NC(=O)C1CCC(CNC(=O)CN2CCN(CC(=O)O)CCN(CC(=O)O)CCN(CC(=O)O)CC2)CC1)C(=O)O)C(=O)O. The number of nitrogens with one attached hydrogen (secondary N) is 5. The van der Waals surface area contributed by atoms with Gasteiger partial charge in [0.15, 0.2) is 0 Å². The fraction of sp³-hybridized carbons (Fsp3) is 0.600. The van der Waals surface area contributed by atoms with E-state index in [1.165, 1.54) is 0 Å². The lowest BCUT2D eigenvalue weighted by Crippen LogP contribution is -2.51. The van der Waals surface area contributed by atoms with Crippen molar-refractivity contribution in [1.29, 1.82) is 0 Å². The normalized spacial score (nSPS) is 18.7. The summed E-state index contributed by atoms with van der Waals surface area (Å²) in [5, 5.41) is 71.5. The van der Waals surface area contributed by atoms with Crippen molar-refractivity contribution in [2.24, 2.45) is 11.8 Å². The standard InChI is InChI=1S/C50H73N9O16/c60-41(29-56-19-21-57(30-43(63)64)23-25-59(32-45(67)68)26-24-58(22-20-56)31-44(65)66)52-28-34-9-13-36(14-10-34)46(69)53-38(15-11-33-8-12-35-5-1-2-6-37(35)27-33)47(70)51-18-4-3-7-39(48(71)72)54-50(75)55-40(49(73)74)16-17-42(61)62/h1-2,5-6,8,12,27,34,36,38-40H,3-4,7,9-11,13-26,28-32H2,(H,51,70)(H,52,60)(H,53,69)(H,61,62)(H,63,64)(H,65,66)(H,67,68)(H,71,72)(H,73,74)(H2,54,55,75)/t34?,36?,38-,39-,40-/m0/s1. The van der Waals surface area contributed by atoms with Gasteiger partial charge in [0.1, 0.15) is 18.1 Å². The van der Waals surface area contributed by atoms with E-state index in [-0.39, 0.29) is 109 Å². The van der Waals surface area contributed by atoms with Crippen LogP contribution in [0.1, 0.15) is 69.8 Å². The van der Waals surface area contributed by atoms with Gasteiger partial charge in [-0.1, -0.05) is 42.5 Å². The quantitative estimate of drug-likeness (QED) is 0.0500. The Bertz CT molecular complexity index is 2250. The summed E-state index contributed by atoms with van der Waals surface area (Å²) < 4.78 is 0. The monoisotopic (exact) mass is 1060 g/mol. The molecule has 3 atom stereocenters. The molecule has 1 heterocycles. The van der Waals surface area contributed by atoms with Gasteiger partial charge in [0, 0.05) is 77.8 Å². The molecule has 11 N–H and O–H groups in total. The largest absolute Gasteiger partial charge is 0.481 e. The number of aryl methyl sites for hydroxylation is 1. The van der Waals surface area contributed by atoms with Crippen LogP contribution in [0.5, 0.6) is 0 Å². The van der Waals surface area contributed by atoms with E-state index in [4.69, 9.17) is 5.11 Å². The molecule has 75 heavy (non-hydrogen) atoms. The molecule has 1 aliphatic heterocycles. The molecular weight excluding hydrogens is 983 g/mol. The molecule has 414 valence electrons. The van der Waals surface area contributed by atoms with Gasteiger partial charge in [0.2, 0.25) is 17.7 Å². The van der Waals surface area contributed by atoms with E-state index in [1.807, 2.05) is 47.4 Å². The lowest BCUT2D eigenvalue weighted by atomic mass is 9.81. The van der Waals surface area contributed by atoms with Crippen molar-refractivity contribution in [3.05, 3.63) is 48.0 Å². The number of rotatable bonds is 28. The second-order valence-corrected chi connectivity index (χ2v) is 19.2. The van der Waals surface area contributed by atoms with Crippen LogP contribution in [0.15, 0.2) is 42.5 Å². The molecule has 2 fully saturated rings. The van der Waals surface area contributed by atoms with Gasteiger partial charge in [-0.05, 0) is 86.5 Å². The molecule has 0 spiro atoms. The molecule has 1 saturated carbocycles. The summed E-state index contributed by atoms with van der Waals surface area (Å²) in [6.07, 6.45) is 2.54. The third-order valence-corrected chi connectivity index (χ3v) is 13.4. The van der Waals surface area contributed by atoms with E-state index in [0.717, 1.165) is 16.3 Å². The number of unbranched alkanes of at least 4 members (excludes halogenated alkanes) is 1. The van der Waals surface area contributed by atoms with E-state index in [1.54, 1.807) is 14.7 Å². The summed E-state index contributed by atoms with van der Waals surface area (Å²) in [5.41, 5.74) is 0.964. The number of carboxylic acids is 6. The molecule has 0 unspecified atom stereocenters. The van der Waals surface area contributed by atoms with Crippen LogP contribution in [0, 0.1) is 11.8 Å². The molecule has 0 radical (unpaired) electrons. The molecule has 25 heteroatoms. The molecule has 1 saturated heterocycles. The predicted octanol–water partition coefficient (Wildman–Crippen LogP) is 0.0121. The highest BCUT2D eigenvalue weighted by Crippen LogP contribution is 2.29. The maximum absolute atomic E-state index is 13.8. The molecule has 5 amide bonds. The van der Waals surface area contributed by atoms with E-state index in [9.17, 15) is 73.5 Å². The Kier molecular flexibility index (Phi) is 25.6. The zero-order valence-corrected chi connectivity index (χ0v) is 42.2. The third kappa shape index (κ3) is 23.4. The zero-order chi connectivity index (χ0) is 54.9. The van der Waals surface area contributed by atoms with Gasteiger partial charge in [-0.15, -0.1) is 0 Å². The van der Waals surface area contributed by atoms with Crippen molar-refractivity contribution >= 4 is 70.3 Å². The summed E-state index contributed by atoms with van der Waals surface area (Å²) in [7, 11) is 0. The Morgan fingerprint density at radius 1 is 0.520 bits per heavy atom. The van der Waals surface area contributed by atoms with Crippen molar-refractivity contribution in [2.75, 3.05) is 91.6 Å². The molecule has 2 aromatic carbocycles. The first-order valence-electron chi connectivity index (χ1n) is 25.4. The van der Waals surface area contributed by atoms with Crippen molar-refractivity contribution < 1.29 is 78.6 Å². The highest BCUT2D eigenvalue weighted by atomic mass is 16.4. The Balaban J connectivity index is 1.29. The number of hydrogen-bond donors (Lipinski definition) is 11. The molecule has 2 aromatic rings. The molecule has 0 aromatic heterocycles. The number of aliphatic carboxylic acids is 6. The van der Waals surface area contributed by atoms with Gasteiger partial charge in [-0.3, -0.25) is 53.2 Å². The summed E-state index contributed by atoms with van der Waals surface area (Å²) >= 11 is 0. The van der Waals surface area contributed by atoms with Crippen LogP contribution in [-0.2, 0) is 49.6 Å². The van der Waals surface area contributed by atoms with Crippen molar-refractivity contribution in [2.45, 2.75) is 88.8 Å². The van der Waals surface area contributed by atoms with E-state index in [2.05, 4.69) is 26.6 Å². The third-order valence-electron chi connectivity index (χ3n) is 13.4. The van der Waals surface area contributed by atoms with Crippen LogP contribution in [0.2, 0.25) is 0 Å². The summed E-state index contributed by atoms with van der Waals surface area (Å²) in [6, 6.07) is 8.87. The number of amides is 5. The van der Waals surface area contributed by atoms with Gasteiger partial charge in [0.05, 0.1) is 26.2 Å². The Hall–Kier alpha value is -6.96. The van der Waals surface area contributed by atoms with E-state index < -0.39 is 84.6 Å². The number of urea groups is 1. The summed E-state index contributed by atoms with van der Waals surface area (Å²) in [5.74, 6) is -8.59. The average molecular weight is 1060 g/mol. The summed E-state index contributed by atoms with van der Waals surface area (Å²) in [4.78, 5) is 129. The van der Waals surface area contributed by atoms with Gasteiger partial charge >= 0.3 is 41.8 Å².